The zero-order valence-electron chi connectivity index (χ0n) is 11.3. The Hall–Kier alpha value is -2.30. The van der Waals surface area contributed by atoms with Crippen LogP contribution in [0.2, 0.25) is 0 Å². The van der Waals surface area contributed by atoms with Crippen molar-refractivity contribution in [3.8, 4) is 0 Å². The van der Waals surface area contributed by atoms with Crippen LogP contribution in [-0.2, 0) is 16.1 Å². The van der Waals surface area contributed by atoms with Crippen molar-refractivity contribution in [3.63, 3.8) is 0 Å². The Kier molecular flexibility index (Phi) is 3.18. The van der Waals surface area contributed by atoms with E-state index in [0.29, 0.717) is 19.4 Å². The maximum Gasteiger partial charge on any atom is 0.245 e. The molecule has 1 aliphatic heterocycles. The van der Waals surface area contributed by atoms with Gasteiger partial charge in [0.1, 0.15) is 6.04 Å². The van der Waals surface area contributed by atoms with Gasteiger partial charge in [-0.15, -0.1) is 0 Å². The largest absolute Gasteiger partial charge is 0.361 e. The van der Waals surface area contributed by atoms with Crippen LogP contribution >= 0.6 is 0 Å². The third-order valence-corrected chi connectivity index (χ3v) is 3.76. The Morgan fingerprint density at radius 2 is 2.25 bits per heavy atom. The van der Waals surface area contributed by atoms with Crippen molar-refractivity contribution in [2.75, 3.05) is 7.05 Å². The number of hydrogen-bond donors (Lipinski definition) is 2. The topological polar surface area (TPSA) is 65.2 Å². The number of aromatic nitrogens is 1. The highest BCUT2D eigenvalue weighted by Gasteiger charge is 2.29. The molecule has 0 saturated carbocycles. The van der Waals surface area contributed by atoms with Gasteiger partial charge in [-0.1, -0.05) is 12.1 Å². The quantitative estimate of drug-likeness (QED) is 0.886. The monoisotopic (exact) mass is 271 g/mol. The summed E-state index contributed by atoms with van der Waals surface area (Å²) in [7, 11) is 1.78. The second-order valence-corrected chi connectivity index (χ2v) is 5.21. The molecule has 5 nitrogen and oxygen atoms in total. The molecule has 1 aromatic carbocycles. The van der Waals surface area contributed by atoms with E-state index in [1.807, 2.05) is 30.5 Å². The van der Waals surface area contributed by atoms with E-state index in [1.54, 1.807) is 11.9 Å². The Bertz CT molecular complexity index is 662. The Labute approximate surface area is 117 Å². The van der Waals surface area contributed by atoms with Crippen LogP contribution in [0.1, 0.15) is 18.4 Å². The minimum atomic E-state index is -0.363. The van der Waals surface area contributed by atoms with E-state index in [1.165, 1.54) is 0 Å². The second kappa shape index (κ2) is 5.00. The molecule has 1 saturated heterocycles. The number of rotatable bonds is 3. The van der Waals surface area contributed by atoms with Gasteiger partial charge in [-0.25, -0.2) is 0 Å². The van der Waals surface area contributed by atoms with E-state index in [2.05, 4.69) is 10.3 Å². The number of carbonyl (C=O) groups is 2. The molecule has 0 spiro atoms. The average Bonchev–Trinajstić information content (AvgIpc) is 3.06. The van der Waals surface area contributed by atoms with Crippen LogP contribution < -0.4 is 5.32 Å². The van der Waals surface area contributed by atoms with Crippen molar-refractivity contribution in [1.29, 1.82) is 0 Å². The maximum absolute atomic E-state index is 12.3. The van der Waals surface area contributed by atoms with E-state index < -0.39 is 0 Å². The van der Waals surface area contributed by atoms with Crippen molar-refractivity contribution in [2.45, 2.75) is 25.4 Å². The number of nitrogens with zero attached hydrogens (tertiary/aromatic N) is 1. The molecule has 2 N–H and O–H groups in total. The molecule has 0 aliphatic carbocycles. The van der Waals surface area contributed by atoms with Crippen LogP contribution in [0, 0.1) is 0 Å². The fourth-order valence-electron chi connectivity index (χ4n) is 2.69. The van der Waals surface area contributed by atoms with E-state index in [-0.39, 0.29) is 17.9 Å². The molecule has 2 amide bonds. The van der Waals surface area contributed by atoms with Crippen LogP contribution in [0.25, 0.3) is 10.9 Å². The van der Waals surface area contributed by atoms with Gasteiger partial charge >= 0.3 is 0 Å². The lowest BCUT2D eigenvalue weighted by Crippen LogP contribution is -2.42. The number of amides is 2. The van der Waals surface area contributed by atoms with Gasteiger partial charge in [0.05, 0.1) is 0 Å². The van der Waals surface area contributed by atoms with Crippen LogP contribution in [-0.4, -0.2) is 34.8 Å². The van der Waals surface area contributed by atoms with Crippen LogP contribution in [0.4, 0.5) is 0 Å². The summed E-state index contributed by atoms with van der Waals surface area (Å²) in [5.41, 5.74) is 2.17. The summed E-state index contributed by atoms with van der Waals surface area (Å²) in [6, 6.07) is 7.66. The molecule has 0 bridgehead atoms. The highest BCUT2D eigenvalue weighted by atomic mass is 16.2. The zero-order chi connectivity index (χ0) is 14.1. The number of nitrogens with one attached hydrogen (secondary N) is 2. The number of carbonyl (C=O) groups excluding carboxylic acids is 2. The first-order valence-corrected chi connectivity index (χ1v) is 6.74. The summed E-state index contributed by atoms with van der Waals surface area (Å²) in [6.45, 7) is 0.542. The molecule has 1 aromatic heterocycles. The highest BCUT2D eigenvalue weighted by Crippen LogP contribution is 2.19. The molecule has 1 aliphatic rings. The first-order chi connectivity index (χ1) is 9.65. The Morgan fingerprint density at radius 3 is 3.00 bits per heavy atom. The van der Waals surface area contributed by atoms with Crippen LogP contribution in [0.5, 0.6) is 0 Å². The fraction of sp³-hybridized carbons (Fsp3) is 0.333. The first kappa shape index (κ1) is 12.7. The lowest BCUT2D eigenvalue weighted by Gasteiger charge is -2.21. The fourth-order valence-corrected chi connectivity index (χ4v) is 2.69. The predicted octanol–water partition coefficient (Wildman–Crippen LogP) is 1.40. The second-order valence-electron chi connectivity index (χ2n) is 5.21. The molecule has 2 heterocycles. The van der Waals surface area contributed by atoms with Gasteiger partial charge in [-0.2, -0.15) is 0 Å². The number of aromatic amines is 1. The molecule has 1 atom stereocenters. The van der Waals surface area contributed by atoms with E-state index in [0.717, 1.165) is 16.5 Å². The van der Waals surface area contributed by atoms with Crippen molar-refractivity contribution in [2.24, 2.45) is 0 Å². The normalized spacial score (nSPS) is 18.2. The average molecular weight is 271 g/mol. The summed E-state index contributed by atoms with van der Waals surface area (Å²) < 4.78 is 0. The zero-order valence-corrected chi connectivity index (χ0v) is 11.3. The SMILES string of the molecule is CN(Cc1cccc2[nH]ccc12)C(=O)[C@H]1CCC(=O)N1. The standard InChI is InChI=1S/C15H17N3O2/c1-18(15(20)13-5-6-14(19)17-13)9-10-3-2-4-12-11(10)7-8-16-12/h2-4,7-8,13,16H,5-6,9H2,1H3,(H,17,19)/t13-/m1/s1. The summed E-state index contributed by atoms with van der Waals surface area (Å²) in [4.78, 5) is 28.3. The number of hydrogen-bond acceptors (Lipinski definition) is 2. The van der Waals surface area contributed by atoms with Gasteiger partial charge < -0.3 is 15.2 Å². The van der Waals surface area contributed by atoms with E-state index >= 15 is 0 Å². The van der Waals surface area contributed by atoms with Gasteiger partial charge in [-0.3, -0.25) is 9.59 Å². The minimum Gasteiger partial charge on any atom is -0.361 e. The number of H-pyrrole nitrogens is 1. The molecule has 0 unspecified atom stereocenters. The van der Waals surface area contributed by atoms with Gasteiger partial charge in [-0.05, 0) is 24.1 Å². The number of benzene rings is 1. The summed E-state index contributed by atoms with van der Waals surface area (Å²) in [5, 5.41) is 3.84. The lowest BCUT2D eigenvalue weighted by molar-refractivity contribution is -0.133. The van der Waals surface area contributed by atoms with E-state index in [4.69, 9.17) is 0 Å². The molecule has 0 radical (unpaired) electrons. The predicted molar refractivity (Wildman–Crippen MR) is 75.9 cm³/mol. The molecule has 5 heteroatoms. The molecular weight excluding hydrogens is 254 g/mol. The summed E-state index contributed by atoms with van der Waals surface area (Å²) in [6.07, 6.45) is 2.93. The lowest BCUT2D eigenvalue weighted by atomic mass is 10.1. The van der Waals surface area contributed by atoms with Gasteiger partial charge in [0.25, 0.3) is 0 Å². The Morgan fingerprint density at radius 1 is 1.40 bits per heavy atom. The molecular formula is C15H17N3O2. The van der Waals surface area contributed by atoms with Crippen molar-refractivity contribution < 1.29 is 9.59 Å². The first-order valence-electron chi connectivity index (χ1n) is 6.74. The summed E-state index contributed by atoms with van der Waals surface area (Å²) in [5.74, 6) is -0.0622. The van der Waals surface area contributed by atoms with Crippen LogP contribution in [0.3, 0.4) is 0 Å². The van der Waals surface area contributed by atoms with Crippen molar-refractivity contribution in [3.05, 3.63) is 36.0 Å². The molecule has 3 rings (SSSR count). The highest BCUT2D eigenvalue weighted by molar-refractivity contribution is 5.91. The minimum absolute atomic E-state index is 0.0246. The molecule has 1 fully saturated rings. The number of likely N-dealkylation sites (N-methyl/N-ethyl adjacent to an activating group) is 1. The van der Waals surface area contributed by atoms with Crippen molar-refractivity contribution >= 4 is 22.7 Å². The van der Waals surface area contributed by atoms with Gasteiger partial charge in [0.15, 0.2) is 0 Å². The molecule has 20 heavy (non-hydrogen) atoms. The molecule has 2 aromatic rings. The van der Waals surface area contributed by atoms with Crippen LogP contribution in [0.15, 0.2) is 30.5 Å². The number of fused-ring (bicyclic) bond motifs is 1. The maximum atomic E-state index is 12.3. The summed E-state index contributed by atoms with van der Waals surface area (Å²) >= 11 is 0. The third kappa shape index (κ3) is 2.27. The van der Waals surface area contributed by atoms with E-state index in [9.17, 15) is 9.59 Å². The van der Waals surface area contributed by atoms with Gasteiger partial charge in [0, 0.05) is 37.1 Å². The smallest absolute Gasteiger partial charge is 0.245 e. The Balaban J connectivity index is 1.75. The third-order valence-electron chi connectivity index (χ3n) is 3.76. The van der Waals surface area contributed by atoms with Gasteiger partial charge in [0.2, 0.25) is 11.8 Å². The molecule has 104 valence electrons. The van der Waals surface area contributed by atoms with Crippen molar-refractivity contribution in [1.82, 2.24) is 15.2 Å².